The van der Waals surface area contributed by atoms with E-state index < -0.39 is 0 Å². The lowest BCUT2D eigenvalue weighted by atomic mass is 10.0. The molecule has 1 unspecified atom stereocenters. The van der Waals surface area contributed by atoms with Gasteiger partial charge in [-0.2, -0.15) is 0 Å². The van der Waals surface area contributed by atoms with Crippen molar-refractivity contribution in [2.75, 3.05) is 13.2 Å². The molecule has 90 valence electrons. The van der Waals surface area contributed by atoms with Gasteiger partial charge in [0.25, 0.3) is 0 Å². The van der Waals surface area contributed by atoms with Gasteiger partial charge >= 0.3 is 5.97 Å². The number of carbonyl (C=O) groups excluding carboxylic acids is 1. The molecule has 0 aliphatic carbocycles. The van der Waals surface area contributed by atoms with E-state index in [1.165, 1.54) is 0 Å². The topological polar surface area (TPSA) is 46.5 Å². The second kappa shape index (κ2) is 9.97. The van der Waals surface area contributed by atoms with Crippen LogP contribution in [0.3, 0.4) is 0 Å². The number of aliphatic hydroxyl groups excluding tert-OH is 1. The molecule has 0 aromatic heterocycles. The highest BCUT2D eigenvalue weighted by atomic mass is 16.5. The van der Waals surface area contributed by atoms with Crippen LogP contribution in [0.2, 0.25) is 0 Å². The fourth-order valence-electron chi connectivity index (χ4n) is 1.34. The molecule has 0 spiro atoms. The van der Waals surface area contributed by atoms with E-state index in [0.29, 0.717) is 18.9 Å². The van der Waals surface area contributed by atoms with Crippen molar-refractivity contribution >= 4 is 5.97 Å². The first-order chi connectivity index (χ1) is 7.20. The number of esters is 1. The Morgan fingerprint density at radius 3 is 2.67 bits per heavy atom. The first-order valence-electron chi connectivity index (χ1n) is 5.97. The van der Waals surface area contributed by atoms with Crippen molar-refractivity contribution in [3.63, 3.8) is 0 Å². The summed E-state index contributed by atoms with van der Waals surface area (Å²) in [6.45, 7) is 4.92. The Morgan fingerprint density at radius 1 is 1.33 bits per heavy atom. The molecule has 0 saturated carbocycles. The predicted molar refractivity (Wildman–Crippen MR) is 60.6 cm³/mol. The highest BCUT2D eigenvalue weighted by Gasteiger charge is 2.06. The number of unbranched alkanes of at least 4 members (excludes halogenated alkanes) is 2. The van der Waals surface area contributed by atoms with Crippen molar-refractivity contribution in [1.29, 1.82) is 0 Å². The molecule has 3 heteroatoms. The van der Waals surface area contributed by atoms with E-state index in [2.05, 4.69) is 6.92 Å². The number of hydrogen-bond donors (Lipinski definition) is 1. The Balaban J connectivity index is 3.32. The Morgan fingerprint density at radius 2 is 2.07 bits per heavy atom. The molecule has 0 amide bonds. The Bertz CT molecular complexity index is 157. The summed E-state index contributed by atoms with van der Waals surface area (Å²) in [5.74, 6) is 0.300. The highest BCUT2D eigenvalue weighted by molar-refractivity contribution is 5.69. The monoisotopic (exact) mass is 216 g/mol. The van der Waals surface area contributed by atoms with Gasteiger partial charge < -0.3 is 9.84 Å². The van der Waals surface area contributed by atoms with Gasteiger partial charge in [-0.15, -0.1) is 0 Å². The number of rotatable bonds is 9. The van der Waals surface area contributed by atoms with Crippen LogP contribution in [0.15, 0.2) is 0 Å². The molecule has 0 radical (unpaired) electrons. The van der Waals surface area contributed by atoms with Crippen LogP contribution in [0.4, 0.5) is 0 Å². The largest absolute Gasteiger partial charge is 0.466 e. The lowest BCUT2D eigenvalue weighted by molar-refractivity contribution is -0.144. The number of aliphatic hydroxyl groups is 1. The SMILES string of the molecule is CCCCCOC(=O)CCC(C)CCO. The van der Waals surface area contributed by atoms with E-state index in [1.807, 2.05) is 6.92 Å². The second-order valence-electron chi connectivity index (χ2n) is 4.08. The Kier molecular flexibility index (Phi) is 9.59. The maximum absolute atomic E-state index is 11.2. The van der Waals surface area contributed by atoms with Crippen LogP contribution in [0.25, 0.3) is 0 Å². The third-order valence-corrected chi connectivity index (χ3v) is 2.47. The zero-order valence-corrected chi connectivity index (χ0v) is 10.00. The van der Waals surface area contributed by atoms with Crippen molar-refractivity contribution in [2.45, 2.75) is 52.4 Å². The molecule has 1 atom stereocenters. The van der Waals surface area contributed by atoms with Crippen molar-refractivity contribution in [2.24, 2.45) is 5.92 Å². The van der Waals surface area contributed by atoms with Crippen molar-refractivity contribution in [3.8, 4) is 0 Å². The van der Waals surface area contributed by atoms with E-state index in [-0.39, 0.29) is 12.6 Å². The van der Waals surface area contributed by atoms with Gasteiger partial charge in [0.05, 0.1) is 6.61 Å². The molecule has 0 aliphatic heterocycles. The van der Waals surface area contributed by atoms with E-state index in [9.17, 15) is 4.79 Å². The number of carbonyl (C=O) groups is 1. The molecule has 0 saturated heterocycles. The van der Waals surface area contributed by atoms with E-state index in [0.717, 1.165) is 32.1 Å². The smallest absolute Gasteiger partial charge is 0.305 e. The minimum atomic E-state index is -0.101. The van der Waals surface area contributed by atoms with Gasteiger partial charge in [-0.1, -0.05) is 26.7 Å². The molecule has 1 N–H and O–H groups in total. The summed E-state index contributed by atoms with van der Waals surface area (Å²) in [5.41, 5.74) is 0. The first-order valence-corrected chi connectivity index (χ1v) is 5.97. The summed E-state index contributed by atoms with van der Waals surface area (Å²) in [4.78, 5) is 11.2. The maximum atomic E-state index is 11.2. The lowest BCUT2D eigenvalue weighted by Gasteiger charge is -2.09. The predicted octanol–water partition coefficient (Wildman–Crippen LogP) is 2.52. The number of hydrogen-bond acceptors (Lipinski definition) is 3. The molecule has 0 aromatic carbocycles. The van der Waals surface area contributed by atoms with Crippen LogP contribution >= 0.6 is 0 Å². The van der Waals surface area contributed by atoms with Gasteiger partial charge in [-0.3, -0.25) is 4.79 Å². The fourth-order valence-corrected chi connectivity index (χ4v) is 1.34. The van der Waals surface area contributed by atoms with Crippen LogP contribution < -0.4 is 0 Å². The first kappa shape index (κ1) is 14.4. The van der Waals surface area contributed by atoms with Gasteiger partial charge in [0, 0.05) is 13.0 Å². The Labute approximate surface area is 92.8 Å². The molecule has 0 fully saturated rings. The van der Waals surface area contributed by atoms with Gasteiger partial charge in [0.2, 0.25) is 0 Å². The van der Waals surface area contributed by atoms with Gasteiger partial charge in [0.1, 0.15) is 0 Å². The summed E-state index contributed by atoms with van der Waals surface area (Å²) < 4.78 is 5.07. The third-order valence-electron chi connectivity index (χ3n) is 2.47. The van der Waals surface area contributed by atoms with Gasteiger partial charge in [-0.25, -0.2) is 0 Å². The number of ether oxygens (including phenoxy) is 1. The van der Waals surface area contributed by atoms with Crippen LogP contribution in [-0.4, -0.2) is 24.3 Å². The van der Waals surface area contributed by atoms with E-state index >= 15 is 0 Å². The summed E-state index contributed by atoms with van der Waals surface area (Å²) >= 11 is 0. The van der Waals surface area contributed by atoms with Crippen molar-refractivity contribution in [3.05, 3.63) is 0 Å². The maximum Gasteiger partial charge on any atom is 0.305 e. The summed E-state index contributed by atoms with van der Waals surface area (Å²) in [6, 6.07) is 0. The fraction of sp³-hybridized carbons (Fsp3) is 0.917. The molecule has 0 aliphatic rings. The molecule has 0 bridgehead atoms. The molecular formula is C12H24O3. The quantitative estimate of drug-likeness (QED) is 0.476. The lowest BCUT2D eigenvalue weighted by Crippen LogP contribution is -2.08. The van der Waals surface area contributed by atoms with Crippen LogP contribution in [0.1, 0.15) is 52.4 Å². The summed E-state index contributed by atoms with van der Waals surface area (Å²) in [6.07, 6.45) is 5.29. The molecule has 0 rings (SSSR count). The molecule has 0 aromatic rings. The third kappa shape index (κ3) is 9.73. The molecular weight excluding hydrogens is 192 g/mol. The molecule has 0 heterocycles. The highest BCUT2D eigenvalue weighted by Crippen LogP contribution is 2.10. The Hall–Kier alpha value is -0.570. The summed E-state index contributed by atoms with van der Waals surface area (Å²) in [7, 11) is 0. The zero-order valence-electron chi connectivity index (χ0n) is 10.00. The minimum Gasteiger partial charge on any atom is -0.466 e. The van der Waals surface area contributed by atoms with Gasteiger partial charge in [0.15, 0.2) is 0 Å². The molecule has 15 heavy (non-hydrogen) atoms. The zero-order chi connectivity index (χ0) is 11.5. The average molecular weight is 216 g/mol. The van der Waals surface area contributed by atoms with E-state index in [4.69, 9.17) is 9.84 Å². The van der Waals surface area contributed by atoms with Crippen LogP contribution in [-0.2, 0) is 9.53 Å². The van der Waals surface area contributed by atoms with Crippen LogP contribution in [0.5, 0.6) is 0 Å². The molecule has 3 nitrogen and oxygen atoms in total. The van der Waals surface area contributed by atoms with Crippen LogP contribution in [0, 0.1) is 5.92 Å². The minimum absolute atomic E-state index is 0.101. The van der Waals surface area contributed by atoms with E-state index in [1.54, 1.807) is 0 Å². The summed E-state index contributed by atoms with van der Waals surface area (Å²) in [5, 5.41) is 8.69. The average Bonchev–Trinajstić information content (AvgIpc) is 2.22. The van der Waals surface area contributed by atoms with Crippen molar-refractivity contribution < 1.29 is 14.6 Å². The second-order valence-corrected chi connectivity index (χ2v) is 4.08. The van der Waals surface area contributed by atoms with Gasteiger partial charge in [-0.05, 0) is 25.2 Å². The van der Waals surface area contributed by atoms with Crippen molar-refractivity contribution in [1.82, 2.24) is 0 Å². The standard InChI is InChI=1S/C12H24O3/c1-3-4-5-10-15-12(14)7-6-11(2)8-9-13/h11,13H,3-10H2,1-2H3. The normalized spacial score (nSPS) is 12.5.